The van der Waals surface area contributed by atoms with E-state index in [0.29, 0.717) is 31.0 Å². The second kappa shape index (κ2) is 11.7. The zero-order valence-corrected chi connectivity index (χ0v) is 25.8. The Morgan fingerprint density at radius 2 is 1.95 bits per heavy atom. The highest BCUT2D eigenvalue weighted by molar-refractivity contribution is 7.94. The molecule has 0 spiro atoms. The predicted octanol–water partition coefficient (Wildman–Crippen LogP) is 4.70. The molecule has 3 N–H and O–H groups in total. The third-order valence-corrected chi connectivity index (χ3v) is 10.3. The Labute approximate surface area is 254 Å². The maximum atomic E-state index is 13.5. The number of pyridine rings is 1. The van der Waals surface area contributed by atoms with E-state index in [0.717, 1.165) is 25.7 Å². The number of ether oxygens (including phenoxy) is 1. The first-order valence-electron chi connectivity index (χ1n) is 14.7. The smallest absolute Gasteiger partial charge is 0.394 e. The van der Waals surface area contributed by atoms with Crippen LogP contribution >= 0.6 is 0 Å². The molecule has 2 aromatic heterocycles. The van der Waals surface area contributed by atoms with E-state index in [1.165, 1.54) is 22.9 Å². The average molecular weight is 638 g/mol. The van der Waals surface area contributed by atoms with E-state index in [4.69, 9.17) is 15.1 Å². The Kier molecular flexibility index (Phi) is 8.46. The highest BCUT2D eigenvalue weighted by Gasteiger charge is 2.62. The van der Waals surface area contributed by atoms with Gasteiger partial charge < -0.3 is 20.4 Å². The lowest BCUT2D eigenvalue weighted by molar-refractivity contribution is -0.190. The summed E-state index contributed by atoms with van der Waals surface area (Å²) in [5.74, 6) is 0.182. The minimum Gasteiger partial charge on any atom is -0.477 e. The SMILES string of the molecule is C/C1=C(/C=N)S(=O)(=O)NC(=O)c2ccc(-n3ccc(OCCC4(C(F)(F)F)CC4)n3)nc2N2CC(CCCCN1)CC2(C)C. The summed E-state index contributed by atoms with van der Waals surface area (Å²) in [7, 11) is -4.37. The monoisotopic (exact) mass is 637 g/mol. The van der Waals surface area contributed by atoms with Gasteiger partial charge in [0.25, 0.3) is 15.9 Å². The van der Waals surface area contributed by atoms with Crippen molar-refractivity contribution in [2.24, 2.45) is 11.3 Å². The number of sulfonamides is 1. The van der Waals surface area contributed by atoms with Gasteiger partial charge in [0, 0.05) is 42.8 Å². The number of amides is 1. The molecule has 1 aliphatic carbocycles. The summed E-state index contributed by atoms with van der Waals surface area (Å²) >= 11 is 0. The number of rotatable bonds is 6. The second-order valence-corrected chi connectivity index (χ2v) is 14.2. The molecule has 3 aliphatic rings. The van der Waals surface area contributed by atoms with Gasteiger partial charge in [-0.3, -0.25) is 4.79 Å². The molecule has 2 bridgehead atoms. The van der Waals surface area contributed by atoms with Gasteiger partial charge >= 0.3 is 6.18 Å². The van der Waals surface area contributed by atoms with E-state index < -0.39 is 33.1 Å². The maximum Gasteiger partial charge on any atom is 0.394 e. The zero-order valence-electron chi connectivity index (χ0n) is 25.0. The van der Waals surface area contributed by atoms with Crippen molar-refractivity contribution in [1.82, 2.24) is 24.8 Å². The molecule has 240 valence electrons. The van der Waals surface area contributed by atoms with Crippen molar-refractivity contribution in [2.75, 3.05) is 24.6 Å². The zero-order chi connectivity index (χ0) is 31.9. The fourth-order valence-corrected chi connectivity index (χ4v) is 7.23. The Bertz CT molecular complexity index is 1560. The second-order valence-electron chi connectivity index (χ2n) is 12.5. The summed E-state index contributed by atoms with van der Waals surface area (Å²) in [6, 6.07) is 4.52. The molecule has 2 fully saturated rings. The van der Waals surface area contributed by atoms with Crippen LogP contribution in [-0.4, -0.2) is 66.7 Å². The molecule has 5 rings (SSSR count). The average Bonchev–Trinajstić information content (AvgIpc) is 3.48. The number of carbonyl (C=O) groups excluding carboxylic acids is 1. The number of nitrogens with one attached hydrogen (secondary N) is 3. The lowest BCUT2D eigenvalue weighted by atomic mass is 9.93. The summed E-state index contributed by atoms with van der Waals surface area (Å²) in [6.45, 7) is 6.68. The van der Waals surface area contributed by atoms with E-state index in [2.05, 4.69) is 29.0 Å². The first kappa shape index (κ1) is 31.8. The van der Waals surface area contributed by atoms with Crippen molar-refractivity contribution in [1.29, 1.82) is 5.41 Å². The number of carbonyl (C=O) groups is 1. The number of allylic oxidation sites excluding steroid dienone is 2. The molecule has 1 saturated heterocycles. The van der Waals surface area contributed by atoms with Gasteiger partial charge in [-0.25, -0.2) is 22.8 Å². The Morgan fingerprint density at radius 1 is 1.20 bits per heavy atom. The molecule has 11 nitrogen and oxygen atoms in total. The van der Waals surface area contributed by atoms with Crippen molar-refractivity contribution in [3.05, 3.63) is 40.6 Å². The third-order valence-electron chi connectivity index (χ3n) is 8.85. The minimum atomic E-state index is -4.37. The normalized spacial score (nSPS) is 24.7. The molecule has 2 aliphatic heterocycles. The van der Waals surface area contributed by atoms with E-state index in [1.54, 1.807) is 13.1 Å². The van der Waals surface area contributed by atoms with Crippen LogP contribution in [-0.2, 0) is 10.0 Å². The van der Waals surface area contributed by atoms with Crippen LogP contribution in [0.3, 0.4) is 0 Å². The standard InChI is InChI=1S/C29H38F3N7O4S/c1-19-22(17-33)44(41,42)37-26(40)21-7-8-23(35-25(21)38-18-20(16-27(38,2)3)6-4-5-13-34-19)39-14-9-24(36-39)43-15-12-28(10-11-28)29(30,31)32/h7-9,14,17,20,33-34H,4-6,10-13,15-16,18H2,1-3H3,(H,37,40)/b22-19+,33-17?. The summed E-state index contributed by atoms with van der Waals surface area (Å²) in [5, 5.41) is 15.1. The lowest BCUT2D eigenvalue weighted by Crippen LogP contribution is -2.41. The Hall–Kier alpha value is -3.62. The molecule has 0 aromatic carbocycles. The molecule has 1 unspecified atom stereocenters. The molecule has 4 heterocycles. The molecule has 0 radical (unpaired) electrons. The van der Waals surface area contributed by atoms with Crippen LogP contribution in [0.5, 0.6) is 5.88 Å². The lowest BCUT2D eigenvalue weighted by Gasteiger charge is -2.34. The van der Waals surface area contributed by atoms with E-state index in [1.807, 2.05) is 4.90 Å². The van der Waals surface area contributed by atoms with Gasteiger partial charge in [-0.05, 0) is 77.3 Å². The van der Waals surface area contributed by atoms with Crippen LogP contribution < -0.4 is 19.7 Å². The van der Waals surface area contributed by atoms with Gasteiger partial charge in [-0.1, -0.05) is 6.42 Å². The molecule has 1 amide bonds. The van der Waals surface area contributed by atoms with E-state index in [-0.39, 0.29) is 53.7 Å². The molecule has 2 aromatic rings. The van der Waals surface area contributed by atoms with Crippen LogP contribution in [0.25, 0.3) is 5.82 Å². The van der Waals surface area contributed by atoms with Crippen LogP contribution in [0.4, 0.5) is 19.0 Å². The molecular formula is C29H38F3N7O4S. The molecule has 15 heteroatoms. The minimum absolute atomic E-state index is 0.0429. The number of halogens is 3. The van der Waals surface area contributed by atoms with Gasteiger partial charge in [0.2, 0.25) is 5.88 Å². The molecule has 44 heavy (non-hydrogen) atoms. The fraction of sp³-hybridized carbons (Fsp3) is 0.586. The molecular weight excluding hydrogens is 599 g/mol. The topological polar surface area (TPSA) is 142 Å². The van der Waals surface area contributed by atoms with Gasteiger partial charge in [-0.2, -0.15) is 13.2 Å². The van der Waals surface area contributed by atoms with Crippen LogP contribution in [0, 0.1) is 16.7 Å². The van der Waals surface area contributed by atoms with Crippen LogP contribution in [0.1, 0.15) is 76.1 Å². The number of nitrogens with zero attached hydrogens (tertiary/aromatic N) is 4. The number of aromatic nitrogens is 3. The van der Waals surface area contributed by atoms with Crippen LogP contribution in [0.15, 0.2) is 35.0 Å². The summed E-state index contributed by atoms with van der Waals surface area (Å²) < 4.78 is 75.2. The Balaban J connectivity index is 1.46. The van der Waals surface area contributed by atoms with E-state index in [9.17, 15) is 26.4 Å². The van der Waals surface area contributed by atoms with Gasteiger partial charge in [0.05, 0.1) is 17.6 Å². The maximum absolute atomic E-state index is 13.5. The van der Waals surface area contributed by atoms with Crippen molar-refractivity contribution >= 4 is 28.0 Å². The van der Waals surface area contributed by atoms with Crippen molar-refractivity contribution in [3.63, 3.8) is 0 Å². The molecule has 1 saturated carbocycles. The first-order chi connectivity index (χ1) is 20.7. The largest absolute Gasteiger partial charge is 0.477 e. The number of anilines is 1. The van der Waals surface area contributed by atoms with Gasteiger partial charge in [0.1, 0.15) is 10.7 Å². The summed E-state index contributed by atoms with van der Waals surface area (Å²) in [5.41, 5.74) is -1.75. The van der Waals surface area contributed by atoms with E-state index >= 15 is 0 Å². The van der Waals surface area contributed by atoms with Crippen molar-refractivity contribution < 1.29 is 31.1 Å². The summed E-state index contributed by atoms with van der Waals surface area (Å²) in [4.78, 5) is 20.0. The highest BCUT2D eigenvalue weighted by Crippen LogP contribution is 2.59. The highest BCUT2D eigenvalue weighted by atomic mass is 32.2. The predicted molar refractivity (Wildman–Crippen MR) is 158 cm³/mol. The first-order valence-corrected chi connectivity index (χ1v) is 16.2. The number of alkyl halides is 3. The summed E-state index contributed by atoms with van der Waals surface area (Å²) in [6.07, 6.45) is 1.59. The van der Waals surface area contributed by atoms with Gasteiger partial charge in [0.15, 0.2) is 5.82 Å². The van der Waals surface area contributed by atoms with Crippen molar-refractivity contribution in [3.8, 4) is 11.7 Å². The third kappa shape index (κ3) is 6.42. The van der Waals surface area contributed by atoms with Crippen molar-refractivity contribution in [2.45, 2.75) is 77.4 Å². The number of fused-ring (bicyclic) bond motifs is 4. The quantitative estimate of drug-likeness (QED) is 0.387. The molecule has 1 atom stereocenters. The Morgan fingerprint density at radius 3 is 2.64 bits per heavy atom. The fourth-order valence-electron chi connectivity index (χ4n) is 6.13. The number of hydrogen-bond acceptors (Lipinski definition) is 9. The number of hydrogen-bond donors (Lipinski definition) is 3. The van der Waals surface area contributed by atoms with Gasteiger partial charge in [-0.15, -0.1) is 5.10 Å². The van der Waals surface area contributed by atoms with Crippen LogP contribution in [0.2, 0.25) is 0 Å².